The van der Waals surface area contributed by atoms with Crippen molar-refractivity contribution in [2.45, 2.75) is 12.6 Å². The first-order chi connectivity index (χ1) is 15.2. The summed E-state index contributed by atoms with van der Waals surface area (Å²) >= 11 is 5.57. The van der Waals surface area contributed by atoms with Crippen molar-refractivity contribution < 1.29 is 22.4 Å². The summed E-state index contributed by atoms with van der Waals surface area (Å²) in [5.74, 6) is -0.333. The zero-order valence-electron chi connectivity index (χ0n) is 16.4. The lowest BCUT2D eigenvalue weighted by molar-refractivity contribution is -0.137. The molecule has 0 aliphatic heterocycles. The van der Waals surface area contributed by atoms with Gasteiger partial charge >= 0.3 is 6.18 Å². The first kappa shape index (κ1) is 21.8. The number of benzene rings is 3. The number of nitrogens with zero attached hydrogens (tertiary/aromatic N) is 2. The van der Waals surface area contributed by atoms with Gasteiger partial charge in [0.2, 0.25) is 5.24 Å². The van der Waals surface area contributed by atoms with Crippen LogP contribution in [0, 0.1) is 5.82 Å². The number of carbonyl (C=O) groups is 1. The highest BCUT2D eigenvalue weighted by atomic mass is 35.5. The summed E-state index contributed by atoms with van der Waals surface area (Å²) in [6.07, 6.45) is -3.12. The van der Waals surface area contributed by atoms with Gasteiger partial charge in [0.05, 0.1) is 23.4 Å². The number of rotatable bonds is 5. The average Bonchev–Trinajstić information content (AvgIpc) is 3.17. The van der Waals surface area contributed by atoms with E-state index in [1.807, 2.05) is 12.1 Å². The molecule has 162 valence electrons. The van der Waals surface area contributed by atoms with Crippen molar-refractivity contribution in [2.24, 2.45) is 0 Å². The molecule has 3 nitrogen and oxygen atoms in total. The maximum atomic E-state index is 13.2. The minimum absolute atomic E-state index is 0.129. The van der Waals surface area contributed by atoms with Gasteiger partial charge in [0.15, 0.2) is 0 Å². The molecule has 0 aliphatic carbocycles. The van der Waals surface area contributed by atoms with Crippen LogP contribution in [0.25, 0.3) is 28.1 Å². The zero-order chi connectivity index (χ0) is 22.9. The highest BCUT2D eigenvalue weighted by molar-refractivity contribution is 6.63. The quantitative estimate of drug-likeness (QED) is 0.247. The Hall–Kier alpha value is -3.45. The molecule has 0 unspecified atom stereocenters. The Kier molecular flexibility index (Phi) is 5.84. The largest absolute Gasteiger partial charge is 0.416 e. The maximum absolute atomic E-state index is 13.2. The lowest BCUT2D eigenvalue weighted by atomic mass is 10.0. The smallest absolute Gasteiger partial charge is 0.281 e. The fraction of sp³-hybridized carbons (Fsp3) is 0.0833. The first-order valence-electron chi connectivity index (χ1n) is 9.51. The van der Waals surface area contributed by atoms with E-state index in [-0.39, 0.29) is 17.9 Å². The number of halogens is 5. The van der Waals surface area contributed by atoms with Crippen molar-refractivity contribution >= 4 is 16.8 Å². The van der Waals surface area contributed by atoms with Crippen LogP contribution < -0.4 is 0 Å². The van der Waals surface area contributed by atoms with Gasteiger partial charge < -0.3 is 0 Å². The monoisotopic (exact) mass is 458 g/mol. The van der Waals surface area contributed by atoms with E-state index >= 15 is 0 Å². The molecule has 4 aromatic rings. The van der Waals surface area contributed by atoms with Crippen LogP contribution in [0.2, 0.25) is 0 Å². The van der Waals surface area contributed by atoms with Crippen molar-refractivity contribution in [2.75, 3.05) is 0 Å². The minimum atomic E-state index is -4.49. The molecule has 0 aliphatic rings. The number of alkyl halides is 3. The summed E-state index contributed by atoms with van der Waals surface area (Å²) in [6, 6.07) is 18.0. The van der Waals surface area contributed by atoms with Crippen molar-refractivity contribution in [3.63, 3.8) is 0 Å². The second-order valence-corrected chi connectivity index (χ2v) is 7.53. The van der Waals surface area contributed by atoms with Crippen LogP contribution in [0.3, 0.4) is 0 Å². The van der Waals surface area contributed by atoms with Crippen LogP contribution in [0.4, 0.5) is 17.6 Å². The van der Waals surface area contributed by atoms with E-state index in [0.717, 1.165) is 23.3 Å². The van der Waals surface area contributed by atoms with Crippen LogP contribution in [0.1, 0.15) is 11.1 Å². The predicted molar refractivity (Wildman–Crippen MR) is 114 cm³/mol. The SMILES string of the molecule is O=C(Cl)Cc1cn(-c2cccc(C(F)(F)F)c2)nc1-c1ccc(-c2ccc(F)cc2)cc1. The number of hydrogen-bond acceptors (Lipinski definition) is 2. The molecular weight excluding hydrogens is 444 g/mol. The van der Waals surface area contributed by atoms with Gasteiger partial charge in [-0.05, 0) is 53.1 Å². The first-order valence-corrected chi connectivity index (χ1v) is 9.89. The van der Waals surface area contributed by atoms with Crippen LogP contribution in [0.5, 0.6) is 0 Å². The average molecular weight is 459 g/mol. The molecular formula is C24H15ClF4N2O. The zero-order valence-corrected chi connectivity index (χ0v) is 17.2. The predicted octanol–water partition coefficient (Wildman–Crippen LogP) is 6.67. The van der Waals surface area contributed by atoms with E-state index in [9.17, 15) is 22.4 Å². The summed E-state index contributed by atoms with van der Waals surface area (Å²) in [6.45, 7) is 0. The summed E-state index contributed by atoms with van der Waals surface area (Å²) < 4.78 is 53.7. The van der Waals surface area contributed by atoms with E-state index in [4.69, 9.17) is 11.6 Å². The van der Waals surface area contributed by atoms with Crippen LogP contribution in [-0.4, -0.2) is 15.0 Å². The third-order valence-corrected chi connectivity index (χ3v) is 5.03. The maximum Gasteiger partial charge on any atom is 0.416 e. The topological polar surface area (TPSA) is 34.9 Å². The highest BCUT2D eigenvalue weighted by Crippen LogP contribution is 2.32. The fourth-order valence-electron chi connectivity index (χ4n) is 3.35. The van der Waals surface area contributed by atoms with E-state index in [1.54, 1.807) is 24.3 Å². The normalized spacial score (nSPS) is 11.5. The molecule has 0 radical (unpaired) electrons. The second kappa shape index (κ2) is 8.59. The van der Waals surface area contributed by atoms with Crippen molar-refractivity contribution in [1.29, 1.82) is 0 Å². The standard InChI is InChI=1S/C24H15ClF4N2O/c25-22(32)12-18-14-31(21-3-1-2-19(13-21)24(27,28)29)30-23(18)17-6-4-15(5-7-17)16-8-10-20(26)11-9-16/h1-11,13-14H,12H2. The van der Waals surface area contributed by atoms with Gasteiger partial charge in [-0.25, -0.2) is 9.07 Å². The van der Waals surface area contributed by atoms with Gasteiger partial charge in [0, 0.05) is 17.3 Å². The highest BCUT2D eigenvalue weighted by Gasteiger charge is 2.30. The summed E-state index contributed by atoms with van der Waals surface area (Å²) in [5.41, 5.74) is 2.65. The molecule has 8 heteroatoms. The summed E-state index contributed by atoms with van der Waals surface area (Å²) in [4.78, 5) is 11.5. The molecule has 0 spiro atoms. The van der Waals surface area contributed by atoms with Gasteiger partial charge in [0.1, 0.15) is 5.82 Å². The molecule has 0 saturated heterocycles. The van der Waals surface area contributed by atoms with Gasteiger partial charge in [-0.15, -0.1) is 0 Å². The fourth-order valence-corrected chi connectivity index (χ4v) is 3.50. The van der Waals surface area contributed by atoms with Crippen LogP contribution in [0.15, 0.2) is 79.0 Å². The molecule has 0 saturated carbocycles. The third-order valence-electron chi connectivity index (χ3n) is 4.89. The van der Waals surface area contributed by atoms with Gasteiger partial charge in [0.25, 0.3) is 0 Å². The van der Waals surface area contributed by atoms with Crippen molar-refractivity contribution in [1.82, 2.24) is 9.78 Å². The van der Waals surface area contributed by atoms with E-state index < -0.39 is 17.0 Å². The van der Waals surface area contributed by atoms with Crippen LogP contribution in [-0.2, 0) is 17.4 Å². The molecule has 0 fully saturated rings. The molecule has 1 heterocycles. The minimum Gasteiger partial charge on any atom is -0.281 e. The Morgan fingerprint density at radius 1 is 0.906 bits per heavy atom. The van der Waals surface area contributed by atoms with Gasteiger partial charge in [-0.1, -0.05) is 42.5 Å². The Bertz CT molecular complexity index is 1260. The molecule has 0 atom stereocenters. The van der Waals surface area contributed by atoms with Crippen molar-refractivity contribution in [3.05, 3.63) is 95.9 Å². The molecule has 1 aromatic heterocycles. The number of carbonyl (C=O) groups excluding carboxylic acids is 1. The van der Waals surface area contributed by atoms with E-state index in [2.05, 4.69) is 5.10 Å². The number of aromatic nitrogens is 2. The van der Waals surface area contributed by atoms with E-state index in [0.29, 0.717) is 16.8 Å². The Morgan fingerprint density at radius 2 is 1.50 bits per heavy atom. The lowest BCUT2D eigenvalue weighted by Crippen LogP contribution is -2.06. The molecule has 0 bridgehead atoms. The van der Waals surface area contributed by atoms with Crippen LogP contribution >= 0.6 is 11.6 Å². The second-order valence-electron chi connectivity index (χ2n) is 7.11. The van der Waals surface area contributed by atoms with Crippen molar-refractivity contribution in [3.8, 4) is 28.1 Å². The van der Waals surface area contributed by atoms with Gasteiger partial charge in [-0.2, -0.15) is 18.3 Å². The summed E-state index contributed by atoms with van der Waals surface area (Å²) in [5, 5.41) is 3.82. The lowest BCUT2D eigenvalue weighted by Gasteiger charge is -2.08. The number of hydrogen-bond donors (Lipinski definition) is 0. The summed E-state index contributed by atoms with van der Waals surface area (Å²) in [7, 11) is 0. The Labute approximate surface area is 185 Å². The molecule has 3 aromatic carbocycles. The van der Waals surface area contributed by atoms with E-state index in [1.165, 1.54) is 35.1 Å². The Balaban J connectivity index is 1.73. The van der Waals surface area contributed by atoms with Gasteiger partial charge in [-0.3, -0.25) is 4.79 Å². The molecule has 0 N–H and O–H groups in total. The Morgan fingerprint density at radius 3 is 2.09 bits per heavy atom. The molecule has 32 heavy (non-hydrogen) atoms. The molecule has 4 rings (SSSR count). The molecule has 0 amide bonds. The third kappa shape index (κ3) is 4.73.